The Balaban J connectivity index is 1.42. The van der Waals surface area contributed by atoms with Gasteiger partial charge in [-0.3, -0.25) is 9.78 Å². The molecular weight excluding hydrogens is 521 g/mol. The molecule has 5 aromatic rings. The van der Waals surface area contributed by atoms with Gasteiger partial charge >= 0.3 is 0 Å². The van der Waals surface area contributed by atoms with Gasteiger partial charge in [-0.25, -0.2) is 4.39 Å². The Morgan fingerprint density at radius 3 is 2.49 bits per heavy atom. The van der Waals surface area contributed by atoms with Gasteiger partial charge in [0, 0.05) is 34.4 Å². The van der Waals surface area contributed by atoms with E-state index >= 15 is 4.39 Å². The number of aryl methyl sites for hydroxylation is 2. The Bertz CT molecular complexity index is 1760. The first-order valence-corrected chi connectivity index (χ1v) is 13.5. The summed E-state index contributed by atoms with van der Waals surface area (Å²) in [4.78, 5) is 21.0. The first-order chi connectivity index (χ1) is 20.0. The smallest absolute Gasteiger partial charge is 0.252 e. The van der Waals surface area contributed by atoms with Crippen LogP contribution in [-0.4, -0.2) is 47.8 Å². The lowest BCUT2D eigenvalue weighted by Gasteiger charge is -2.25. The number of nitrogens with zero attached hydrogens (tertiary/aromatic N) is 1. The standard InChI is InChI=1S/C33H30FN3O4/c1-40-31-13-20-8-7-19-12-27(24-9-10-35-17-29(24)34)28(14-25(19)26(20)15-32(31)41-2)33(39)37-22(18-38)11-21-16-36-30-6-4-3-5-23(21)30/h3-6,9-10,12-17,22,36,38H,7-8,11,18H2,1-2H3,(H,37,39). The number of rotatable bonds is 8. The lowest BCUT2D eigenvalue weighted by molar-refractivity contribution is 0.0917. The minimum Gasteiger partial charge on any atom is -0.493 e. The topological polar surface area (TPSA) is 96.5 Å². The molecule has 0 saturated carbocycles. The van der Waals surface area contributed by atoms with Crippen molar-refractivity contribution in [3.63, 3.8) is 0 Å². The molecule has 1 unspecified atom stereocenters. The van der Waals surface area contributed by atoms with Gasteiger partial charge in [-0.15, -0.1) is 0 Å². The number of aromatic amines is 1. The fourth-order valence-corrected chi connectivity index (χ4v) is 5.74. The summed E-state index contributed by atoms with van der Waals surface area (Å²) in [5.41, 5.74) is 6.97. The number of benzene rings is 3. The zero-order valence-corrected chi connectivity index (χ0v) is 22.8. The van der Waals surface area contributed by atoms with Crippen molar-refractivity contribution in [2.45, 2.75) is 25.3 Å². The number of carbonyl (C=O) groups excluding carboxylic acids is 1. The zero-order valence-electron chi connectivity index (χ0n) is 22.8. The van der Waals surface area contributed by atoms with Crippen LogP contribution >= 0.6 is 0 Å². The first-order valence-electron chi connectivity index (χ1n) is 13.5. The number of nitrogens with one attached hydrogen (secondary N) is 2. The highest BCUT2D eigenvalue weighted by molar-refractivity contribution is 6.03. The number of pyridine rings is 1. The van der Waals surface area contributed by atoms with E-state index in [1.54, 1.807) is 20.3 Å². The van der Waals surface area contributed by atoms with Crippen molar-refractivity contribution in [2.75, 3.05) is 20.8 Å². The Hall–Kier alpha value is -4.69. The molecule has 3 aromatic carbocycles. The predicted octanol–water partition coefficient (Wildman–Crippen LogP) is 5.49. The van der Waals surface area contributed by atoms with Gasteiger partial charge in [0.1, 0.15) is 5.82 Å². The normalized spacial score (nSPS) is 12.9. The van der Waals surface area contributed by atoms with E-state index in [9.17, 15) is 9.90 Å². The van der Waals surface area contributed by atoms with Crippen molar-refractivity contribution in [1.29, 1.82) is 0 Å². The summed E-state index contributed by atoms with van der Waals surface area (Å²) in [6.07, 6.45) is 6.48. The molecule has 1 aliphatic rings. The Kier molecular flexibility index (Phi) is 7.15. The Morgan fingerprint density at radius 1 is 1.00 bits per heavy atom. The zero-order chi connectivity index (χ0) is 28.5. The van der Waals surface area contributed by atoms with Crippen molar-refractivity contribution in [1.82, 2.24) is 15.3 Å². The van der Waals surface area contributed by atoms with Gasteiger partial charge < -0.3 is 24.9 Å². The molecule has 0 bridgehead atoms. The summed E-state index contributed by atoms with van der Waals surface area (Å²) in [5.74, 6) is 0.326. The van der Waals surface area contributed by atoms with E-state index in [1.165, 1.54) is 6.20 Å². The van der Waals surface area contributed by atoms with E-state index in [4.69, 9.17) is 9.47 Å². The quantitative estimate of drug-likeness (QED) is 0.237. The van der Waals surface area contributed by atoms with Crippen LogP contribution in [0, 0.1) is 5.82 Å². The molecule has 208 valence electrons. The van der Waals surface area contributed by atoms with E-state index in [-0.39, 0.29) is 6.61 Å². The number of H-pyrrole nitrogens is 1. The van der Waals surface area contributed by atoms with Crippen LogP contribution in [0.1, 0.15) is 27.0 Å². The van der Waals surface area contributed by atoms with Crippen LogP contribution in [0.3, 0.4) is 0 Å². The number of hydrogen-bond acceptors (Lipinski definition) is 5. The molecule has 2 aromatic heterocycles. The number of aliphatic hydroxyl groups is 1. The minimum atomic E-state index is -0.551. The highest BCUT2D eigenvalue weighted by atomic mass is 19.1. The second-order valence-electron chi connectivity index (χ2n) is 10.2. The molecule has 7 nitrogen and oxygen atoms in total. The summed E-state index contributed by atoms with van der Waals surface area (Å²) in [6, 6.07) is 16.5. The first kappa shape index (κ1) is 26.5. The molecule has 0 spiro atoms. The largest absolute Gasteiger partial charge is 0.493 e. The molecule has 1 aliphatic carbocycles. The van der Waals surface area contributed by atoms with E-state index in [0.717, 1.165) is 57.8 Å². The maximum absolute atomic E-state index is 15.0. The van der Waals surface area contributed by atoms with Crippen LogP contribution in [0.15, 0.2) is 73.2 Å². The van der Waals surface area contributed by atoms with Crippen molar-refractivity contribution >= 4 is 16.8 Å². The number of aliphatic hydroxyl groups excluding tert-OH is 1. The molecule has 0 aliphatic heterocycles. The van der Waals surface area contributed by atoms with Gasteiger partial charge in [-0.1, -0.05) is 18.2 Å². The number of fused-ring (bicyclic) bond motifs is 4. The SMILES string of the molecule is COc1cc2c(cc1OC)-c1cc(C(=O)NC(CO)Cc3c[nH]c4ccccc34)c(-c3ccncc3F)cc1CC2. The molecule has 3 N–H and O–H groups in total. The average Bonchev–Trinajstić information content (AvgIpc) is 3.42. The predicted molar refractivity (Wildman–Crippen MR) is 156 cm³/mol. The van der Waals surface area contributed by atoms with Crippen molar-refractivity contribution in [3.8, 4) is 33.8 Å². The summed E-state index contributed by atoms with van der Waals surface area (Å²) < 4.78 is 26.1. The van der Waals surface area contributed by atoms with Crippen LogP contribution in [0.4, 0.5) is 4.39 Å². The molecule has 6 rings (SSSR count). The van der Waals surface area contributed by atoms with Gasteiger partial charge in [0.25, 0.3) is 5.91 Å². The fraction of sp³-hybridized carbons (Fsp3) is 0.212. The van der Waals surface area contributed by atoms with Crippen LogP contribution in [0.25, 0.3) is 33.2 Å². The maximum atomic E-state index is 15.0. The highest BCUT2D eigenvalue weighted by Crippen LogP contribution is 2.43. The van der Waals surface area contributed by atoms with Gasteiger partial charge in [0.15, 0.2) is 11.5 Å². The number of hydrogen-bond donors (Lipinski definition) is 3. The summed E-state index contributed by atoms with van der Waals surface area (Å²) >= 11 is 0. The molecule has 0 fully saturated rings. The lowest BCUT2D eigenvalue weighted by Crippen LogP contribution is -2.39. The number of para-hydroxylation sites is 1. The number of carbonyl (C=O) groups is 1. The number of halogens is 1. The van der Waals surface area contributed by atoms with Crippen LogP contribution < -0.4 is 14.8 Å². The number of ether oxygens (including phenoxy) is 2. The monoisotopic (exact) mass is 551 g/mol. The molecule has 41 heavy (non-hydrogen) atoms. The molecule has 2 heterocycles. The Morgan fingerprint density at radius 2 is 1.73 bits per heavy atom. The van der Waals surface area contributed by atoms with Gasteiger partial charge in [-0.05, 0) is 89.0 Å². The van der Waals surface area contributed by atoms with E-state index in [0.29, 0.717) is 34.6 Å². The minimum absolute atomic E-state index is 0.255. The summed E-state index contributed by atoms with van der Waals surface area (Å²) in [7, 11) is 3.19. The summed E-state index contributed by atoms with van der Waals surface area (Å²) in [5, 5.41) is 14.3. The highest BCUT2D eigenvalue weighted by Gasteiger charge is 2.26. The van der Waals surface area contributed by atoms with Gasteiger partial charge in [0.2, 0.25) is 0 Å². The summed E-state index contributed by atoms with van der Waals surface area (Å²) in [6.45, 7) is -0.255. The number of methoxy groups -OCH3 is 2. The molecular formula is C33H30FN3O4. The van der Waals surface area contributed by atoms with Gasteiger partial charge in [0.05, 0.1) is 33.1 Å². The number of amides is 1. The lowest BCUT2D eigenvalue weighted by atomic mass is 9.82. The third kappa shape index (κ3) is 4.91. The second-order valence-corrected chi connectivity index (χ2v) is 10.2. The maximum Gasteiger partial charge on any atom is 0.252 e. The molecule has 1 atom stereocenters. The second kappa shape index (κ2) is 11.1. The van der Waals surface area contributed by atoms with Crippen molar-refractivity contribution in [3.05, 3.63) is 101 Å². The third-order valence-corrected chi connectivity index (χ3v) is 7.81. The van der Waals surface area contributed by atoms with Crippen LogP contribution in [-0.2, 0) is 19.3 Å². The van der Waals surface area contributed by atoms with Crippen LogP contribution in [0.2, 0.25) is 0 Å². The van der Waals surface area contributed by atoms with E-state index in [1.807, 2.05) is 54.7 Å². The fourth-order valence-electron chi connectivity index (χ4n) is 5.74. The van der Waals surface area contributed by atoms with E-state index in [2.05, 4.69) is 15.3 Å². The molecule has 0 saturated heterocycles. The third-order valence-electron chi connectivity index (χ3n) is 7.81. The average molecular weight is 552 g/mol. The molecule has 0 radical (unpaired) electrons. The van der Waals surface area contributed by atoms with Crippen molar-refractivity contribution < 1.29 is 23.8 Å². The van der Waals surface area contributed by atoms with Crippen LogP contribution in [0.5, 0.6) is 11.5 Å². The molecule has 1 amide bonds. The molecule has 8 heteroatoms. The number of aromatic nitrogens is 2. The Labute approximate surface area is 237 Å². The van der Waals surface area contributed by atoms with Gasteiger partial charge in [-0.2, -0.15) is 0 Å². The van der Waals surface area contributed by atoms with Crippen molar-refractivity contribution in [2.24, 2.45) is 0 Å². The van der Waals surface area contributed by atoms with E-state index < -0.39 is 17.8 Å².